The van der Waals surface area contributed by atoms with Gasteiger partial charge in [0.1, 0.15) is 40.2 Å². The fourth-order valence-electron chi connectivity index (χ4n) is 13.5. The molecule has 0 unspecified atom stereocenters. The number of Topliss-reactive ketones (excluding diaryl/α,β-unsaturated/α-hetero) is 1. The van der Waals surface area contributed by atoms with Crippen LogP contribution in [0.25, 0.3) is 5.57 Å². The molecule has 758 valence electrons. The Morgan fingerprint density at radius 2 is 0.746 bits per heavy atom. The summed E-state index contributed by atoms with van der Waals surface area (Å²) in [5, 5.41) is 14.7. The summed E-state index contributed by atoms with van der Waals surface area (Å²) < 4.78 is 245. The first-order valence-corrected chi connectivity index (χ1v) is 55.4. The first-order valence-electron chi connectivity index (χ1n) is 43.3. The van der Waals surface area contributed by atoms with Crippen LogP contribution in [0, 0.1) is 23.3 Å². The third kappa shape index (κ3) is 34.7. The van der Waals surface area contributed by atoms with E-state index in [0.29, 0.717) is 47.8 Å². The van der Waals surface area contributed by atoms with Gasteiger partial charge in [0, 0.05) is 35.7 Å². The van der Waals surface area contributed by atoms with E-state index in [1.807, 2.05) is 45.9 Å². The number of allylic oxidation sites excluding steroid dienone is 8. The zero-order valence-electron chi connectivity index (χ0n) is 76.0. The number of carbonyl (C=O) groups excluding carboxylic acids is 4. The van der Waals surface area contributed by atoms with Crippen LogP contribution < -0.4 is 51.6 Å². The van der Waals surface area contributed by atoms with E-state index in [2.05, 4.69) is 197 Å². The summed E-state index contributed by atoms with van der Waals surface area (Å²) in [6, 6.07) is 89.0. The summed E-state index contributed by atoms with van der Waals surface area (Å²) in [5.41, 5.74) is -17.5. The molecule has 2 N–H and O–H groups in total. The van der Waals surface area contributed by atoms with Crippen molar-refractivity contribution in [2.75, 3.05) is 14.3 Å². The maximum Gasteiger partial charge on any atom is -0.0134 e. The Labute approximate surface area is 850 Å². The number of para-hydroxylation sites is 1. The molecule has 142 heavy (non-hydrogen) atoms. The number of benzene rings is 11. The molecule has 41 heteroatoms. The van der Waals surface area contributed by atoms with Crippen LogP contribution in [0.2, 0.25) is 0 Å². The molecule has 5 aliphatic rings. The minimum Gasteiger partial charge on any atom is -0.0622 e. The van der Waals surface area contributed by atoms with E-state index >= 15 is 0 Å². The van der Waals surface area contributed by atoms with Crippen molar-refractivity contribution in [1.82, 2.24) is 0 Å². The summed E-state index contributed by atoms with van der Waals surface area (Å²) in [4.78, 5) is 45.2. The molecule has 0 bridgehead atoms. The van der Waals surface area contributed by atoms with Crippen LogP contribution in [0.5, 0.6) is 0 Å². The van der Waals surface area contributed by atoms with Gasteiger partial charge in [-0.3, -0.25) is 19.2 Å². The Morgan fingerprint density at radius 1 is 0.415 bits per heavy atom. The molecule has 11 aromatic rings. The topological polar surface area (TPSA) is 226 Å². The van der Waals surface area contributed by atoms with Crippen LogP contribution >= 0.6 is 69.7 Å². The number of rotatable bonds is 17. The van der Waals surface area contributed by atoms with Crippen molar-refractivity contribution in [2.24, 2.45) is 0 Å². The maximum absolute atomic E-state index is 13.7. The molecular formula is C101H94BCl5F13N3O13P2PdS3. The number of anilines is 3. The third-order valence-electron chi connectivity index (χ3n) is 21.2. The molecule has 0 radical (unpaired) electrons. The average Bonchev–Trinajstić information content (AvgIpc) is 0.969. The van der Waals surface area contributed by atoms with Gasteiger partial charge in [-0.2, -0.15) is 64.8 Å². The van der Waals surface area contributed by atoms with E-state index in [1.54, 1.807) is 48.6 Å². The molecular weight excluding hydrogens is 2160 g/mol. The second kappa shape index (κ2) is 55.5. The first-order chi connectivity index (χ1) is 67.1. The molecule has 1 fully saturated rings. The van der Waals surface area contributed by atoms with Gasteiger partial charge in [0.2, 0.25) is 0 Å². The molecule has 0 saturated carbocycles. The number of halogens is 18. The minimum atomic E-state index is -6.81. The number of nitrogens with one attached hydrogen (secondary N) is 2. The van der Waals surface area contributed by atoms with Crippen LogP contribution in [0.15, 0.2) is 336 Å². The Hall–Kier alpha value is -9.84. The van der Waals surface area contributed by atoms with Crippen molar-refractivity contribution in [3.8, 4) is 0 Å². The van der Waals surface area contributed by atoms with Crippen molar-refractivity contribution in [3.63, 3.8) is 0 Å². The van der Waals surface area contributed by atoms with Crippen molar-refractivity contribution < 1.29 is 131 Å². The molecule has 2 amide bonds. The molecule has 11 aromatic carbocycles. The molecule has 16 nitrogen and oxygen atoms in total. The Morgan fingerprint density at radius 3 is 1.04 bits per heavy atom. The Bertz CT molecular complexity index is 6080. The van der Waals surface area contributed by atoms with E-state index in [4.69, 9.17) is 63.2 Å². The van der Waals surface area contributed by atoms with Gasteiger partial charge in [0.15, 0.2) is 11.6 Å². The maximum atomic E-state index is 13.7. The molecule has 0 aromatic heterocycles. The zero-order chi connectivity index (χ0) is 104. The quantitative estimate of drug-likeness (QED) is 0.0285. The fraction of sp³-hybridized carbons (Fsp3) is 0.228. The number of hydrogen-bond acceptors (Lipinski definition) is 13. The van der Waals surface area contributed by atoms with Crippen molar-refractivity contribution in [1.29, 1.82) is 0 Å². The average molecular weight is 2260 g/mol. The van der Waals surface area contributed by atoms with Gasteiger partial charge in [0.05, 0.1) is 27.0 Å². The predicted molar refractivity (Wildman–Crippen MR) is 538 cm³/mol. The van der Waals surface area contributed by atoms with Crippen molar-refractivity contribution >= 4 is 190 Å². The van der Waals surface area contributed by atoms with Gasteiger partial charge in [-0.25, -0.2) is 17.6 Å². The largest absolute Gasteiger partial charge is 0.0622 e. The Kier molecular flexibility index (Phi) is 45.9. The molecule has 1 heterocycles. The summed E-state index contributed by atoms with van der Waals surface area (Å²) in [5.74, 6) is -5.15. The van der Waals surface area contributed by atoms with Gasteiger partial charge in [0.25, 0.3) is 11.8 Å². The van der Waals surface area contributed by atoms with Crippen LogP contribution in [-0.2, 0) is 69.2 Å². The van der Waals surface area contributed by atoms with Crippen LogP contribution in [0.1, 0.15) is 144 Å². The monoisotopic (exact) mass is 2250 g/mol. The molecule has 16 rings (SSSR count). The molecule has 1 aliphatic heterocycles. The predicted octanol–water partition coefficient (Wildman–Crippen LogP) is 25.8. The number of amides is 2. The third-order valence-corrected chi connectivity index (χ3v) is 31.9. The molecule has 4 aliphatic carbocycles. The number of sulfonamides is 2. The smallest absolute Gasteiger partial charge is 0.0134 e. The van der Waals surface area contributed by atoms with Crippen molar-refractivity contribution in [3.05, 3.63) is 376 Å². The molecule has 0 spiro atoms. The van der Waals surface area contributed by atoms with Crippen LogP contribution in [0.3, 0.4) is 0 Å². The number of alkyl halides is 9. The second-order valence-electron chi connectivity index (χ2n) is 31.8. The van der Waals surface area contributed by atoms with Gasteiger partial charge in [-0.1, -0.05) is 284 Å². The Balaban J connectivity index is 0.000000202. The summed E-state index contributed by atoms with van der Waals surface area (Å²) in [7, 11) is -11.0. The van der Waals surface area contributed by atoms with Crippen molar-refractivity contribution in [2.45, 2.75) is 145 Å². The number of hydrogen-bond donors (Lipinski definition) is 2. The first kappa shape index (κ1) is 117. The minimum absolute atomic E-state index is 0.0501. The SMILES string of the molecule is CC1(C)OB(c2ccc(NC(=O)c3c(F)cccc3F)cc2)OC1(C)C.O=C(Nc1ccc(C2=C(Cl)CCCC2)cc1)c1c(F)cccc1F.O=C1C=CCCC1.O=C1CCCC=C1Cl.O=S(=O)(N(c1ccccc1)S(=O)(=O)C(F)(F)F)C(F)(F)F.O=S(=O)(OC1=C(Cl)CCCC1)C(F)(F)F.[Cl][Pd][Cl].c1ccc(P(c2ccccc2)c2ccccc2)cc1.c1ccc(P(c2ccccc2)c2ccccc2)cc1. The van der Waals surface area contributed by atoms with Crippen LogP contribution in [-0.4, -0.2) is 83.5 Å². The number of ketones is 2. The fourth-order valence-corrected chi connectivity index (χ4v) is 22.2. The summed E-state index contributed by atoms with van der Waals surface area (Å²) in [6.07, 6.45) is 16.7. The second-order valence-corrected chi connectivity index (χ2v) is 45.2. The normalized spacial score (nSPS) is 15.0. The number of nitrogens with zero attached hydrogens (tertiary/aromatic N) is 1. The van der Waals surface area contributed by atoms with E-state index in [1.165, 1.54) is 44.0 Å². The van der Waals surface area contributed by atoms with Crippen LogP contribution in [0.4, 0.5) is 74.1 Å². The molecule has 0 atom stereocenters. The van der Waals surface area contributed by atoms with E-state index < -0.39 is 136 Å². The van der Waals surface area contributed by atoms with Gasteiger partial charge < -0.3 is 24.1 Å². The van der Waals surface area contributed by atoms with E-state index in [0.717, 1.165) is 128 Å². The summed E-state index contributed by atoms with van der Waals surface area (Å²) >= 11 is 17.2. The van der Waals surface area contributed by atoms with Gasteiger partial charge in [-0.05, 0) is 229 Å². The molecule has 1 saturated heterocycles. The van der Waals surface area contributed by atoms with Gasteiger partial charge >= 0.3 is 88.8 Å². The van der Waals surface area contributed by atoms with Gasteiger partial charge in [-0.15, -0.1) is 3.71 Å². The summed E-state index contributed by atoms with van der Waals surface area (Å²) in [6.45, 7) is 7.85. The zero-order valence-corrected chi connectivity index (χ0v) is 85.6. The van der Waals surface area contributed by atoms with E-state index in [-0.39, 0.29) is 44.7 Å². The van der Waals surface area contributed by atoms with E-state index in [9.17, 15) is 102 Å². The standard InChI is InChI=1S/C19H20BF2NO3.C19H16ClF2NO.2C18H15P.C8H5F6NO4S2.C7H8ClF3O3S.C6H7ClO.C6H8O.2ClH.Pd/c1-18(2)19(3,4)26-20(25-18)12-8-10-13(11-9-12)23-17(24)16-14(21)6-5-7-15(16)22;20-15-5-2-1-4-14(15)12-8-10-13(11-9-12)23-19(24)18-16(21)6-3-7-17(18)22;2*1-4-10-16(11-5-1)19(17-12-6-2-7-13-17)18-14-8-3-9-15-18;9-7(10,11)20(16,17)15(6-4-2-1-3-5-6)21(18,19)8(12,13)14;8-5-3-1-2-4-6(5)14-15(12,13)7(9,10)11;7-5-3-1-2-4-6(5)8;7-6-4-2-1-3-5-6;;;/h5-11H,1-4H3,(H,23,24);3,6-11H,1-2,4-5H2,(H,23,24);2*1-15H;1-5H;1-4H2;3H,1-2,4H2;2,4H,1,3,5H2;2*1H;/q;;;;;;;;;;+2/p-2. The number of carbonyl (C=O) groups is 4.